The molecule has 0 unspecified atom stereocenters. The summed E-state index contributed by atoms with van der Waals surface area (Å²) in [6.45, 7) is 9.09. The molecule has 0 aromatic heterocycles. The first-order valence-electron chi connectivity index (χ1n) is 10.5. The lowest BCUT2D eigenvalue weighted by Gasteiger charge is -2.29. The number of carbonyl (C=O) groups is 2. The predicted octanol–water partition coefficient (Wildman–Crippen LogP) is 2.50. The average molecular weight is 388 g/mol. The molecule has 2 aliphatic rings. The maximum Gasteiger partial charge on any atom is 0.227 e. The monoisotopic (exact) mass is 387 g/mol. The van der Waals surface area contributed by atoms with Crippen LogP contribution >= 0.6 is 0 Å². The third-order valence-electron chi connectivity index (χ3n) is 6.16. The Morgan fingerprint density at radius 1 is 1.04 bits per heavy atom. The zero-order valence-corrected chi connectivity index (χ0v) is 17.1. The van der Waals surface area contributed by atoms with E-state index in [-0.39, 0.29) is 23.7 Å². The number of carbonyl (C=O) groups excluding carboxylic acids is 2. The molecule has 0 spiro atoms. The number of benzene rings is 1. The second-order valence-corrected chi connectivity index (χ2v) is 8.03. The molecule has 6 heteroatoms. The summed E-state index contributed by atoms with van der Waals surface area (Å²) in [5, 5.41) is 6.16. The molecule has 28 heavy (non-hydrogen) atoms. The van der Waals surface area contributed by atoms with Gasteiger partial charge in [-0.05, 0) is 56.7 Å². The first-order chi connectivity index (χ1) is 13.5. The molecular formula is C22H33N3O3. The Balaban J connectivity index is 1.39. The van der Waals surface area contributed by atoms with Crippen LogP contribution in [-0.2, 0) is 14.3 Å². The summed E-state index contributed by atoms with van der Waals surface area (Å²) in [5.41, 5.74) is 3.19. The van der Waals surface area contributed by atoms with Gasteiger partial charge in [-0.1, -0.05) is 12.1 Å². The standard InChI is InChI=1S/C22H33N3O3/c1-16-4-3-5-20(17(16)2)24-22(27)19-8-6-18(7-9-19)21(26)23-10-11-25-12-14-28-15-13-25/h3-5,18-19H,6-15H2,1-2H3,(H,23,26)(H,24,27). The van der Waals surface area contributed by atoms with E-state index >= 15 is 0 Å². The van der Waals surface area contributed by atoms with Gasteiger partial charge < -0.3 is 15.4 Å². The van der Waals surface area contributed by atoms with Crippen molar-refractivity contribution in [3.05, 3.63) is 29.3 Å². The number of rotatable bonds is 6. The van der Waals surface area contributed by atoms with Gasteiger partial charge in [0.1, 0.15) is 0 Å². The summed E-state index contributed by atoms with van der Waals surface area (Å²) < 4.78 is 5.34. The summed E-state index contributed by atoms with van der Waals surface area (Å²) in [4.78, 5) is 27.4. The van der Waals surface area contributed by atoms with Crippen molar-refractivity contribution in [2.75, 3.05) is 44.7 Å². The van der Waals surface area contributed by atoms with Gasteiger partial charge in [0.25, 0.3) is 0 Å². The fraction of sp³-hybridized carbons (Fsp3) is 0.636. The molecule has 154 valence electrons. The normalized spacial score (nSPS) is 23.2. The lowest BCUT2D eigenvalue weighted by molar-refractivity contribution is -0.128. The topological polar surface area (TPSA) is 70.7 Å². The van der Waals surface area contributed by atoms with Crippen LogP contribution in [-0.4, -0.2) is 56.1 Å². The summed E-state index contributed by atoms with van der Waals surface area (Å²) >= 11 is 0. The number of hydrogen-bond acceptors (Lipinski definition) is 4. The van der Waals surface area contributed by atoms with Crippen LogP contribution in [0.1, 0.15) is 36.8 Å². The largest absolute Gasteiger partial charge is 0.379 e. The molecule has 2 amide bonds. The highest BCUT2D eigenvalue weighted by atomic mass is 16.5. The second-order valence-electron chi connectivity index (χ2n) is 8.03. The molecule has 6 nitrogen and oxygen atoms in total. The molecule has 1 aromatic carbocycles. The highest BCUT2D eigenvalue weighted by Gasteiger charge is 2.30. The number of amides is 2. The van der Waals surface area contributed by atoms with Crippen molar-refractivity contribution in [2.24, 2.45) is 11.8 Å². The van der Waals surface area contributed by atoms with E-state index in [1.807, 2.05) is 32.0 Å². The summed E-state index contributed by atoms with van der Waals surface area (Å²) in [5.74, 6) is 0.258. The second kappa shape index (κ2) is 10.0. The minimum Gasteiger partial charge on any atom is -0.379 e. The number of nitrogens with one attached hydrogen (secondary N) is 2. The highest BCUT2D eigenvalue weighted by Crippen LogP contribution is 2.30. The molecule has 1 saturated heterocycles. The van der Waals surface area contributed by atoms with Gasteiger partial charge in [0.05, 0.1) is 13.2 Å². The van der Waals surface area contributed by atoms with Gasteiger partial charge >= 0.3 is 0 Å². The van der Waals surface area contributed by atoms with Gasteiger partial charge in [-0.25, -0.2) is 0 Å². The maximum atomic E-state index is 12.6. The number of anilines is 1. The van der Waals surface area contributed by atoms with Crippen molar-refractivity contribution in [2.45, 2.75) is 39.5 Å². The van der Waals surface area contributed by atoms with Gasteiger partial charge in [0.2, 0.25) is 11.8 Å². The third kappa shape index (κ3) is 5.55. The number of morpholine rings is 1. The van der Waals surface area contributed by atoms with Gasteiger partial charge in [-0.2, -0.15) is 0 Å². The van der Waals surface area contributed by atoms with Crippen LogP contribution in [0.5, 0.6) is 0 Å². The molecule has 1 heterocycles. The molecule has 2 N–H and O–H groups in total. The third-order valence-corrected chi connectivity index (χ3v) is 6.16. The van der Waals surface area contributed by atoms with Crippen LogP contribution in [0.3, 0.4) is 0 Å². The molecule has 3 rings (SSSR count). The van der Waals surface area contributed by atoms with E-state index in [1.54, 1.807) is 0 Å². The van der Waals surface area contributed by atoms with E-state index in [1.165, 1.54) is 5.56 Å². The molecule has 1 aliphatic carbocycles. The average Bonchev–Trinajstić information content (AvgIpc) is 2.72. The van der Waals surface area contributed by atoms with Gasteiger partial charge in [0, 0.05) is 43.7 Å². The van der Waals surface area contributed by atoms with E-state index < -0.39 is 0 Å². The Morgan fingerprint density at radius 3 is 2.36 bits per heavy atom. The molecule has 0 atom stereocenters. The number of hydrogen-bond donors (Lipinski definition) is 2. The SMILES string of the molecule is Cc1cccc(NC(=O)C2CCC(C(=O)NCCN3CCOCC3)CC2)c1C. The van der Waals surface area contributed by atoms with E-state index in [0.717, 1.165) is 69.8 Å². The summed E-state index contributed by atoms with van der Waals surface area (Å²) in [6.07, 6.45) is 3.12. The van der Waals surface area contributed by atoms with E-state index in [4.69, 9.17) is 4.74 Å². The van der Waals surface area contributed by atoms with Crippen LogP contribution in [0.15, 0.2) is 18.2 Å². The number of ether oxygens (including phenoxy) is 1. The minimum absolute atomic E-state index is 0.00249. The Kier molecular flexibility index (Phi) is 7.45. The molecule has 2 fully saturated rings. The minimum atomic E-state index is -0.00249. The maximum absolute atomic E-state index is 12.6. The smallest absolute Gasteiger partial charge is 0.227 e. The van der Waals surface area contributed by atoms with Gasteiger partial charge in [-0.3, -0.25) is 14.5 Å². The fourth-order valence-corrected chi connectivity index (χ4v) is 4.05. The van der Waals surface area contributed by atoms with Crippen molar-refractivity contribution in [1.29, 1.82) is 0 Å². The van der Waals surface area contributed by atoms with Crippen molar-refractivity contribution < 1.29 is 14.3 Å². The van der Waals surface area contributed by atoms with Crippen LogP contribution in [0, 0.1) is 25.7 Å². The zero-order valence-electron chi connectivity index (χ0n) is 17.1. The van der Waals surface area contributed by atoms with Crippen molar-refractivity contribution >= 4 is 17.5 Å². The fourth-order valence-electron chi connectivity index (χ4n) is 4.05. The Bertz CT molecular complexity index is 678. The zero-order chi connectivity index (χ0) is 19.9. The molecular weight excluding hydrogens is 354 g/mol. The van der Waals surface area contributed by atoms with Crippen LogP contribution in [0.2, 0.25) is 0 Å². The lowest BCUT2D eigenvalue weighted by atomic mass is 9.81. The molecule has 0 bridgehead atoms. The quantitative estimate of drug-likeness (QED) is 0.787. The van der Waals surface area contributed by atoms with Gasteiger partial charge in [0.15, 0.2) is 0 Å². The Hall–Kier alpha value is -1.92. The molecule has 1 aromatic rings. The first kappa shape index (κ1) is 20.8. The molecule has 0 radical (unpaired) electrons. The Labute approximate surface area is 168 Å². The molecule has 1 aliphatic heterocycles. The van der Waals surface area contributed by atoms with Crippen LogP contribution in [0.25, 0.3) is 0 Å². The van der Waals surface area contributed by atoms with E-state index in [0.29, 0.717) is 6.54 Å². The first-order valence-corrected chi connectivity index (χ1v) is 10.5. The van der Waals surface area contributed by atoms with Gasteiger partial charge in [-0.15, -0.1) is 0 Å². The summed E-state index contributed by atoms with van der Waals surface area (Å²) in [6, 6.07) is 5.97. The van der Waals surface area contributed by atoms with Crippen LogP contribution < -0.4 is 10.6 Å². The van der Waals surface area contributed by atoms with Crippen molar-refractivity contribution in [1.82, 2.24) is 10.2 Å². The van der Waals surface area contributed by atoms with E-state index in [2.05, 4.69) is 15.5 Å². The summed E-state index contributed by atoms with van der Waals surface area (Å²) in [7, 11) is 0. The molecule has 1 saturated carbocycles. The van der Waals surface area contributed by atoms with E-state index in [9.17, 15) is 9.59 Å². The highest BCUT2D eigenvalue weighted by molar-refractivity contribution is 5.93. The predicted molar refractivity (Wildman–Crippen MR) is 110 cm³/mol. The Morgan fingerprint density at radius 2 is 1.68 bits per heavy atom. The van der Waals surface area contributed by atoms with Crippen molar-refractivity contribution in [3.8, 4) is 0 Å². The van der Waals surface area contributed by atoms with Crippen LogP contribution in [0.4, 0.5) is 5.69 Å². The lowest BCUT2D eigenvalue weighted by Crippen LogP contribution is -2.43. The van der Waals surface area contributed by atoms with Crippen molar-refractivity contribution in [3.63, 3.8) is 0 Å². The number of aryl methyl sites for hydroxylation is 1. The number of nitrogens with zero attached hydrogens (tertiary/aromatic N) is 1.